The third-order valence-corrected chi connectivity index (χ3v) is 7.49. The maximum Gasteiger partial charge on any atom is 0.219 e. The van der Waals surface area contributed by atoms with Gasteiger partial charge in [-0.3, -0.25) is 19.6 Å². The van der Waals surface area contributed by atoms with Gasteiger partial charge >= 0.3 is 0 Å². The Morgan fingerprint density at radius 2 is 1.66 bits per heavy atom. The Balaban J connectivity index is 1.52. The first kappa shape index (κ1) is 23.5. The molecule has 6 nitrogen and oxygen atoms in total. The van der Waals surface area contributed by atoms with Crippen molar-refractivity contribution in [3.05, 3.63) is 95.8 Å². The lowest BCUT2D eigenvalue weighted by Gasteiger charge is -2.53. The molecule has 2 atom stereocenters. The summed E-state index contributed by atoms with van der Waals surface area (Å²) in [6.45, 7) is 6.75. The third kappa shape index (κ3) is 5.09. The second-order valence-corrected chi connectivity index (χ2v) is 9.60. The molecule has 3 aromatic rings. The maximum atomic E-state index is 12.3. The number of pyridine rings is 1. The molecule has 0 bridgehead atoms. The molecule has 5 rings (SSSR count). The van der Waals surface area contributed by atoms with E-state index >= 15 is 0 Å². The number of amides is 1. The minimum atomic E-state index is 0.162. The van der Waals surface area contributed by atoms with Gasteiger partial charge in [-0.2, -0.15) is 0 Å². The van der Waals surface area contributed by atoms with E-state index in [9.17, 15) is 4.79 Å². The van der Waals surface area contributed by atoms with Crippen LogP contribution >= 0.6 is 0 Å². The van der Waals surface area contributed by atoms with E-state index in [2.05, 4.69) is 75.4 Å². The standard InChI is InChI=1S/C29H34N4O2/c1-22(34)32-15-16-33-26(20-32)19-31(18-25-17-30-14-13-28(25)35-2)21-27(33)29(23-9-5-3-6-10-23)24-11-7-4-8-12-24/h3-14,17,26-27,29H,15-16,18-21H2,1-2H3/t26-,27+/m1/s1. The normalized spacial score (nSPS) is 21.1. The average Bonchev–Trinajstić information content (AvgIpc) is 2.90. The zero-order valence-electron chi connectivity index (χ0n) is 20.6. The monoisotopic (exact) mass is 470 g/mol. The van der Waals surface area contributed by atoms with Crippen LogP contribution in [0.15, 0.2) is 79.1 Å². The van der Waals surface area contributed by atoms with Crippen LogP contribution in [0.25, 0.3) is 0 Å². The van der Waals surface area contributed by atoms with E-state index in [0.717, 1.165) is 50.6 Å². The number of aromatic nitrogens is 1. The summed E-state index contributed by atoms with van der Waals surface area (Å²) in [6, 6.07) is 24.2. The van der Waals surface area contributed by atoms with Crippen LogP contribution in [0, 0.1) is 0 Å². The number of hydrogen-bond donors (Lipinski definition) is 0. The highest BCUT2D eigenvalue weighted by Gasteiger charge is 2.42. The Kier molecular flexibility index (Phi) is 7.11. The minimum Gasteiger partial charge on any atom is -0.496 e. The van der Waals surface area contributed by atoms with Gasteiger partial charge in [0.25, 0.3) is 0 Å². The van der Waals surface area contributed by atoms with Crippen LogP contribution in [-0.2, 0) is 11.3 Å². The van der Waals surface area contributed by atoms with Crippen molar-refractivity contribution in [1.29, 1.82) is 0 Å². The van der Waals surface area contributed by atoms with Gasteiger partial charge in [0.15, 0.2) is 0 Å². The lowest BCUT2D eigenvalue weighted by atomic mass is 9.81. The van der Waals surface area contributed by atoms with Crippen molar-refractivity contribution in [2.75, 3.05) is 39.8 Å². The van der Waals surface area contributed by atoms with Crippen LogP contribution in [0.1, 0.15) is 29.5 Å². The fraction of sp³-hybridized carbons (Fsp3) is 0.379. The fourth-order valence-corrected chi connectivity index (χ4v) is 5.85. The van der Waals surface area contributed by atoms with E-state index in [0.29, 0.717) is 0 Å². The smallest absolute Gasteiger partial charge is 0.219 e. The summed E-state index contributed by atoms with van der Waals surface area (Å²) in [5.41, 5.74) is 3.76. The predicted octanol–water partition coefficient (Wildman–Crippen LogP) is 3.64. The van der Waals surface area contributed by atoms with Crippen LogP contribution in [0.3, 0.4) is 0 Å². The zero-order valence-corrected chi connectivity index (χ0v) is 20.6. The molecule has 3 heterocycles. The topological polar surface area (TPSA) is 48.9 Å². The quantitative estimate of drug-likeness (QED) is 0.551. The van der Waals surface area contributed by atoms with E-state index < -0.39 is 0 Å². The van der Waals surface area contributed by atoms with Crippen LogP contribution in [0.4, 0.5) is 0 Å². The van der Waals surface area contributed by atoms with Gasteiger partial charge in [-0.05, 0) is 17.2 Å². The Labute approximate surface area is 208 Å². The van der Waals surface area contributed by atoms with E-state index in [-0.39, 0.29) is 23.9 Å². The molecule has 2 fully saturated rings. The summed E-state index contributed by atoms with van der Waals surface area (Å²) in [7, 11) is 1.71. The molecular weight excluding hydrogens is 436 g/mol. The summed E-state index contributed by atoms with van der Waals surface area (Å²) in [5.74, 6) is 1.27. The van der Waals surface area contributed by atoms with E-state index in [4.69, 9.17) is 4.74 Å². The number of ether oxygens (including phenoxy) is 1. The molecule has 0 saturated carbocycles. The van der Waals surface area contributed by atoms with Gasteiger partial charge in [0.05, 0.1) is 7.11 Å². The number of benzene rings is 2. The molecule has 1 amide bonds. The largest absolute Gasteiger partial charge is 0.496 e. The third-order valence-electron chi connectivity index (χ3n) is 7.49. The fourth-order valence-electron chi connectivity index (χ4n) is 5.85. The molecule has 0 aliphatic carbocycles. The van der Waals surface area contributed by atoms with Gasteiger partial charge in [0.1, 0.15) is 5.75 Å². The van der Waals surface area contributed by atoms with Gasteiger partial charge in [0.2, 0.25) is 5.91 Å². The van der Waals surface area contributed by atoms with Gasteiger partial charge in [-0.1, -0.05) is 60.7 Å². The Morgan fingerprint density at radius 1 is 0.971 bits per heavy atom. The molecule has 35 heavy (non-hydrogen) atoms. The first-order valence-corrected chi connectivity index (χ1v) is 12.4. The maximum absolute atomic E-state index is 12.3. The zero-order chi connectivity index (χ0) is 24.2. The van der Waals surface area contributed by atoms with Crippen LogP contribution in [0.5, 0.6) is 5.75 Å². The predicted molar refractivity (Wildman–Crippen MR) is 137 cm³/mol. The van der Waals surface area contributed by atoms with Gasteiger partial charge < -0.3 is 9.64 Å². The SMILES string of the molecule is COc1ccncc1CN1C[C@@H]2CN(C(C)=O)CCN2[C@H](C(c2ccccc2)c2ccccc2)C1. The van der Waals surface area contributed by atoms with Crippen LogP contribution in [-0.4, -0.2) is 77.5 Å². The van der Waals surface area contributed by atoms with Crippen molar-refractivity contribution < 1.29 is 9.53 Å². The molecule has 2 saturated heterocycles. The Hall–Kier alpha value is -3.22. The molecular formula is C29H34N4O2. The minimum absolute atomic E-state index is 0.162. The number of carbonyl (C=O) groups excluding carboxylic acids is 1. The second kappa shape index (κ2) is 10.6. The molecule has 0 radical (unpaired) electrons. The molecule has 6 heteroatoms. The van der Waals surface area contributed by atoms with Crippen molar-refractivity contribution in [1.82, 2.24) is 19.7 Å². The number of rotatable bonds is 6. The van der Waals surface area contributed by atoms with E-state index in [1.54, 1.807) is 20.2 Å². The van der Waals surface area contributed by atoms with Gasteiger partial charge in [0, 0.05) is 82.2 Å². The van der Waals surface area contributed by atoms with Crippen LogP contribution < -0.4 is 4.74 Å². The highest BCUT2D eigenvalue weighted by molar-refractivity contribution is 5.73. The van der Waals surface area contributed by atoms with E-state index in [1.807, 2.05) is 17.2 Å². The lowest BCUT2D eigenvalue weighted by molar-refractivity contribution is -0.134. The number of nitrogens with zero attached hydrogens (tertiary/aromatic N) is 4. The van der Waals surface area contributed by atoms with Gasteiger partial charge in [-0.25, -0.2) is 0 Å². The number of methoxy groups -OCH3 is 1. The number of fused-ring (bicyclic) bond motifs is 1. The van der Waals surface area contributed by atoms with Crippen molar-refractivity contribution in [3.8, 4) is 5.75 Å². The van der Waals surface area contributed by atoms with Gasteiger partial charge in [-0.15, -0.1) is 0 Å². The molecule has 2 aliphatic heterocycles. The number of carbonyl (C=O) groups is 1. The highest BCUT2D eigenvalue weighted by Crippen LogP contribution is 2.36. The van der Waals surface area contributed by atoms with Crippen LogP contribution in [0.2, 0.25) is 0 Å². The summed E-state index contributed by atoms with van der Waals surface area (Å²) in [4.78, 5) is 23.8. The molecule has 182 valence electrons. The molecule has 0 spiro atoms. The van der Waals surface area contributed by atoms with Crippen molar-refractivity contribution in [3.63, 3.8) is 0 Å². The molecule has 0 unspecified atom stereocenters. The Morgan fingerprint density at radius 3 is 2.29 bits per heavy atom. The summed E-state index contributed by atoms with van der Waals surface area (Å²) < 4.78 is 5.62. The van der Waals surface area contributed by atoms with Crippen molar-refractivity contribution in [2.45, 2.75) is 31.5 Å². The summed E-state index contributed by atoms with van der Waals surface area (Å²) >= 11 is 0. The molecule has 0 N–H and O–H groups in total. The first-order valence-electron chi connectivity index (χ1n) is 12.4. The summed E-state index contributed by atoms with van der Waals surface area (Å²) in [6.07, 6.45) is 3.69. The average molecular weight is 471 g/mol. The highest BCUT2D eigenvalue weighted by atomic mass is 16.5. The lowest BCUT2D eigenvalue weighted by Crippen LogP contribution is -2.67. The Bertz CT molecular complexity index is 1080. The number of hydrogen-bond acceptors (Lipinski definition) is 5. The molecule has 2 aromatic carbocycles. The number of piperazine rings is 2. The molecule has 1 aromatic heterocycles. The molecule has 2 aliphatic rings. The first-order chi connectivity index (χ1) is 17.1. The second-order valence-electron chi connectivity index (χ2n) is 9.60. The van der Waals surface area contributed by atoms with E-state index in [1.165, 1.54) is 11.1 Å². The van der Waals surface area contributed by atoms with Crippen molar-refractivity contribution in [2.24, 2.45) is 0 Å². The van der Waals surface area contributed by atoms with Crippen molar-refractivity contribution >= 4 is 5.91 Å². The summed E-state index contributed by atoms with van der Waals surface area (Å²) in [5, 5.41) is 0.